The van der Waals surface area contributed by atoms with Crippen molar-refractivity contribution in [1.29, 1.82) is 0 Å². The molecule has 0 spiro atoms. The van der Waals surface area contributed by atoms with Gasteiger partial charge < -0.3 is 4.74 Å². The average Bonchev–Trinajstić information content (AvgIpc) is 2.72. The molecule has 2 aromatic carbocycles. The van der Waals surface area contributed by atoms with Crippen LogP contribution in [0, 0.1) is 0 Å². The van der Waals surface area contributed by atoms with E-state index in [0.717, 1.165) is 37.0 Å². The zero-order valence-corrected chi connectivity index (χ0v) is 15.6. The molecule has 0 saturated carbocycles. The normalized spacial score (nSPS) is 12.6. The number of hydrogen-bond acceptors (Lipinski definition) is 2. The van der Waals surface area contributed by atoms with Crippen molar-refractivity contribution in [2.75, 3.05) is 0 Å². The van der Waals surface area contributed by atoms with E-state index in [1.54, 1.807) is 12.3 Å². The molecule has 0 aliphatic carbocycles. The number of halogens is 3. The molecule has 28 heavy (non-hydrogen) atoms. The van der Waals surface area contributed by atoms with E-state index in [2.05, 4.69) is 11.9 Å². The van der Waals surface area contributed by atoms with Crippen LogP contribution in [0.5, 0.6) is 5.75 Å². The fourth-order valence-electron chi connectivity index (χ4n) is 2.97. The van der Waals surface area contributed by atoms with Crippen molar-refractivity contribution in [3.8, 4) is 17.0 Å². The molecule has 1 heterocycles. The molecule has 3 aromatic rings. The van der Waals surface area contributed by atoms with E-state index in [4.69, 9.17) is 4.74 Å². The van der Waals surface area contributed by atoms with Crippen LogP contribution < -0.4 is 4.74 Å². The van der Waals surface area contributed by atoms with Gasteiger partial charge in [0.25, 0.3) is 0 Å². The predicted octanol–water partition coefficient (Wildman–Crippen LogP) is 7.08. The smallest absolute Gasteiger partial charge is 0.416 e. The molecular formula is C23H22F3NO. The summed E-state index contributed by atoms with van der Waals surface area (Å²) >= 11 is 0. The van der Waals surface area contributed by atoms with Crippen LogP contribution in [0.25, 0.3) is 11.3 Å². The van der Waals surface area contributed by atoms with Gasteiger partial charge in [-0.05, 0) is 42.7 Å². The molecule has 1 aromatic heterocycles. The standard InChI is InChI=1S/C23H22F3NO/c1-2-3-9-22(18-7-5-4-6-8-18)28-20-14-15-21(27-16-20)17-10-12-19(13-11-17)23(24,25)26/h4-8,10-16,22H,2-3,9H2,1H3. The number of alkyl halides is 3. The zero-order chi connectivity index (χ0) is 20.0. The Hall–Kier alpha value is -2.82. The molecule has 0 fully saturated rings. The lowest BCUT2D eigenvalue weighted by Gasteiger charge is -2.19. The van der Waals surface area contributed by atoms with Crippen molar-refractivity contribution < 1.29 is 17.9 Å². The molecule has 0 aliphatic heterocycles. The fraction of sp³-hybridized carbons (Fsp3) is 0.261. The van der Waals surface area contributed by atoms with Crippen LogP contribution in [-0.2, 0) is 6.18 Å². The molecule has 1 unspecified atom stereocenters. The highest BCUT2D eigenvalue weighted by molar-refractivity contribution is 5.60. The SMILES string of the molecule is CCCCC(Oc1ccc(-c2ccc(C(F)(F)F)cc2)nc1)c1ccccc1. The Morgan fingerprint density at radius 1 is 0.929 bits per heavy atom. The molecule has 0 amide bonds. The Balaban J connectivity index is 1.74. The maximum atomic E-state index is 12.7. The molecule has 0 N–H and O–H groups in total. The summed E-state index contributed by atoms with van der Waals surface area (Å²) in [5.41, 5.74) is 1.68. The number of aromatic nitrogens is 1. The fourth-order valence-corrected chi connectivity index (χ4v) is 2.97. The van der Waals surface area contributed by atoms with Crippen molar-refractivity contribution >= 4 is 0 Å². The second-order valence-electron chi connectivity index (χ2n) is 6.61. The molecule has 5 heteroatoms. The molecule has 146 valence electrons. The summed E-state index contributed by atoms with van der Waals surface area (Å²) in [4.78, 5) is 4.36. The minimum atomic E-state index is -4.34. The molecule has 1 atom stereocenters. The Kier molecular flexibility index (Phi) is 6.34. The number of unbranched alkanes of at least 4 members (excludes halogenated alkanes) is 1. The zero-order valence-electron chi connectivity index (χ0n) is 15.6. The first-order valence-corrected chi connectivity index (χ1v) is 9.32. The number of nitrogens with zero attached hydrogens (tertiary/aromatic N) is 1. The maximum Gasteiger partial charge on any atom is 0.416 e. The van der Waals surface area contributed by atoms with Crippen LogP contribution in [0.3, 0.4) is 0 Å². The van der Waals surface area contributed by atoms with Gasteiger partial charge in [-0.25, -0.2) is 0 Å². The van der Waals surface area contributed by atoms with Crippen LogP contribution in [0.1, 0.15) is 43.4 Å². The lowest BCUT2D eigenvalue weighted by atomic mass is 10.0. The number of benzene rings is 2. The van der Waals surface area contributed by atoms with Gasteiger partial charge in [0.1, 0.15) is 11.9 Å². The van der Waals surface area contributed by atoms with Crippen LogP contribution in [-0.4, -0.2) is 4.98 Å². The van der Waals surface area contributed by atoms with Gasteiger partial charge in [0, 0.05) is 5.56 Å². The third-order valence-corrected chi connectivity index (χ3v) is 4.51. The molecule has 0 aliphatic rings. The average molecular weight is 385 g/mol. The minimum Gasteiger partial charge on any atom is -0.484 e. The molecular weight excluding hydrogens is 363 g/mol. The summed E-state index contributed by atoms with van der Waals surface area (Å²) < 4.78 is 44.2. The first-order chi connectivity index (χ1) is 13.5. The Morgan fingerprint density at radius 2 is 1.64 bits per heavy atom. The van der Waals surface area contributed by atoms with Gasteiger partial charge in [0.2, 0.25) is 0 Å². The van der Waals surface area contributed by atoms with E-state index in [-0.39, 0.29) is 6.10 Å². The summed E-state index contributed by atoms with van der Waals surface area (Å²) in [5, 5.41) is 0. The maximum absolute atomic E-state index is 12.7. The number of ether oxygens (including phenoxy) is 1. The minimum absolute atomic E-state index is 0.0557. The van der Waals surface area contributed by atoms with Gasteiger partial charge in [0.05, 0.1) is 17.5 Å². The Bertz CT molecular complexity index is 859. The predicted molar refractivity (Wildman–Crippen MR) is 104 cm³/mol. The van der Waals surface area contributed by atoms with Gasteiger partial charge >= 0.3 is 6.18 Å². The monoisotopic (exact) mass is 385 g/mol. The van der Waals surface area contributed by atoms with Gasteiger partial charge in [-0.15, -0.1) is 0 Å². The van der Waals surface area contributed by atoms with Gasteiger partial charge in [-0.2, -0.15) is 13.2 Å². The van der Waals surface area contributed by atoms with E-state index in [9.17, 15) is 13.2 Å². The first-order valence-electron chi connectivity index (χ1n) is 9.32. The first kappa shape index (κ1) is 19.9. The quantitative estimate of drug-likeness (QED) is 0.434. The van der Waals surface area contributed by atoms with Gasteiger partial charge in [-0.1, -0.05) is 55.8 Å². The molecule has 0 saturated heterocycles. The highest BCUT2D eigenvalue weighted by atomic mass is 19.4. The molecule has 3 rings (SSSR count). The Labute approximate surface area is 163 Å². The summed E-state index contributed by atoms with van der Waals surface area (Å²) in [6.45, 7) is 2.14. The highest BCUT2D eigenvalue weighted by Crippen LogP contribution is 2.31. The van der Waals surface area contributed by atoms with Gasteiger partial charge in [0.15, 0.2) is 0 Å². The van der Waals surface area contributed by atoms with Gasteiger partial charge in [-0.3, -0.25) is 4.98 Å². The summed E-state index contributed by atoms with van der Waals surface area (Å²) in [6, 6.07) is 18.6. The van der Waals surface area contributed by atoms with E-state index in [0.29, 0.717) is 17.0 Å². The lowest BCUT2D eigenvalue weighted by Crippen LogP contribution is -2.08. The lowest BCUT2D eigenvalue weighted by molar-refractivity contribution is -0.137. The Morgan fingerprint density at radius 3 is 2.21 bits per heavy atom. The summed E-state index contributed by atoms with van der Waals surface area (Å²) in [5.74, 6) is 0.639. The van der Waals surface area contributed by atoms with Crippen LogP contribution in [0.2, 0.25) is 0 Å². The summed E-state index contributed by atoms with van der Waals surface area (Å²) in [7, 11) is 0. The van der Waals surface area contributed by atoms with Crippen molar-refractivity contribution in [1.82, 2.24) is 4.98 Å². The van der Waals surface area contributed by atoms with E-state index in [1.165, 1.54) is 12.1 Å². The van der Waals surface area contributed by atoms with E-state index in [1.807, 2.05) is 36.4 Å². The van der Waals surface area contributed by atoms with Crippen molar-refractivity contribution in [3.63, 3.8) is 0 Å². The topological polar surface area (TPSA) is 22.1 Å². The van der Waals surface area contributed by atoms with Crippen LogP contribution in [0.4, 0.5) is 13.2 Å². The number of hydrogen-bond donors (Lipinski definition) is 0. The van der Waals surface area contributed by atoms with E-state index < -0.39 is 11.7 Å². The highest BCUT2D eigenvalue weighted by Gasteiger charge is 2.30. The second-order valence-corrected chi connectivity index (χ2v) is 6.61. The largest absolute Gasteiger partial charge is 0.484 e. The molecule has 0 radical (unpaired) electrons. The molecule has 2 nitrogen and oxygen atoms in total. The molecule has 0 bridgehead atoms. The summed E-state index contributed by atoms with van der Waals surface area (Å²) in [6.07, 6.45) is 0.263. The third-order valence-electron chi connectivity index (χ3n) is 4.51. The van der Waals surface area contributed by atoms with Crippen LogP contribution in [0.15, 0.2) is 72.9 Å². The van der Waals surface area contributed by atoms with Crippen molar-refractivity contribution in [3.05, 3.63) is 84.1 Å². The van der Waals surface area contributed by atoms with Crippen molar-refractivity contribution in [2.24, 2.45) is 0 Å². The van der Waals surface area contributed by atoms with Crippen molar-refractivity contribution in [2.45, 2.75) is 38.5 Å². The van der Waals surface area contributed by atoms with Crippen LogP contribution >= 0.6 is 0 Å². The second kappa shape index (κ2) is 8.91. The van der Waals surface area contributed by atoms with E-state index >= 15 is 0 Å². The number of pyridine rings is 1. The third kappa shape index (κ3) is 5.12. The number of rotatable bonds is 7.